The molecule has 0 aliphatic heterocycles. The summed E-state index contributed by atoms with van der Waals surface area (Å²) >= 11 is 0. The first-order valence-electron chi connectivity index (χ1n) is 8.58. The molecule has 0 bridgehead atoms. The van der Waals surface area contributed by atoms with Crippen LogP contribution >= 0.6 is 0 Å². The second-order valence-electron chi connectivity index (χ2n) is 6.05. The predicted octanol–water partition coefficient (Wildman–Crippen LogP) is 4.49. The molecule has 0 saturated heterocycles. The van der Waals surface area contributed by atoms with Crippen molar-refractivity contribution in [3.8, 4) is 22.8 Å². The molecule has 6 nitrogen and oxygen atoms in total. The fraction of sp³-hybridized carbons (Fsp3) is 0.143. The molecule has 0 amide bonds. The lowest BCUT2D eigenvalue weighted by atomic mass is 10.1. The topological polar surface area (TPSA) is 84.4 Å². The number of aromatic amines is 1. The largest absolute Gasteiger partial charge is 0.493 e. The Bertz CT molecular complexity index is 1160. The van der Waals surface area contributed by atoms with Crippen molar-refractivity contribution in [1.82, 2.24) is 9.97 Å². The van der Waals surface area contributed by atoms with E-state index >= 15 is 0 Å². The summed E-state index contributed by atoms with van der Waals surface area (Å²) in [5.41, 5.74) is 3.01. The van der Waals surface area contributed by atoms with Gasteiger partial charge in [-0.05, 0) is 37.3 Å². The minimum absolute atomic E-state index is 0.00453. The summed E-state index contributed by atoms with van der Waals surface area (Å²) in [5, 5.41) is 11.3. The first-order valence-corrected chi connectivity index (χ1v) is 8.58. The third-order valence-electron chi connectivity index (χ3n) is 4.45. The highest BCUT2D eigenvalue weighted by molar-refractivity contribution is 6.12. The maximum Gasteiger partial charge on any atom is 0.354 e. The number of benzene rings is 2. The van der Waals surface area contributed by atoms with Gasteiger partial charge in [0, 0.05) is 21.9 Å². The summed E-state index contributed by atoms with van der Waals surface area (Å²) in [7, 11) is 1.57. The van der Waals surface area contributed by atoms with Crippen molar-refractivity contribution >= 4 is 27.8 Å². The number of nitrogens with one attached hydrogen (secondary N) is 1. The summed E-state index contributed by atoms with van der Waals surface area (Å²) in [6, 6.07) is 14.9. The van der Waals surface area contributed by atoms with Crippen LogP contribution in [0, 0.1) is 0 Å². The first-order chi connectivity index (χ1) is 13.1. The van der Waals surface area contributed by atoms with Gasteiger partial charge in [0.2, 0.25) is 0 Å². The maximum absolute atomic E-state index is 11.6. The minimum Gasteiger partial charge on any atom is -0.493 e. The van der Waals surface area contributed by atoms with Gasteiger partial charge in [-0.15, -0.1) is 0 Å². The first kappa shape index (κ1) is 16.9. The number of H-pyrrole nitrogens is 1. The number of para-hydroxylation sites is 1. The number of aromatic nitrogens is 2. The molecule has 0 aliphatic rings. The summed E-state index contributed by atoms with van der Waals surface area (Å²) in [6.45, 7) is 2.42. The molecule has 0 unspecified atom stereocenters. The van der Waals surface area contributed by atoms with Crippen molar-refractivity contribution in [2.45, 2.75) is 6.92 Å². The van der Waals surface area contributed by atoms with E-state index in [-0.39, 0.29) is 5.69 Å². The molecule has 4 rings (SSSR count). The zero-order valence-electron chi connectivity index (χ0n) is 14.9. The average molecular weight is 362 g/mol. The molecule has 0 saturated carbocycles. The molecule has 0 radical (unpaired) electrons. The number of ether oxygens (including phenoxy) is 2. The van der Waals surface area contributed by atoms with Crippen molar-refractivity contribution in [3.05, 3.63) is 54.2 Å². The van der Waals surface area contributed by atoms with Crippen LogP contribution in [0.4, 0.5) is 0 Å². The Morgan fingerprint density at radius 3 is 2.67 bits per heavy atom. The number of rotatable bonds is 5. The number of aromatic carboxylic acids is 1. The van der Waals surface area contributed by atoms with Crippen LogP contribution in [0.2, 0.25) is 0 Å². The molecule has 4 aromatic rings. The van der Waals surface area contributed by atoms with Crippen LogP contribution in [0.25, 0.3) is 33.1 Å². The number of hydrogen-bond donors (Lipinski definition) is 2. The average Bonchev–Trinajstić information content (AvgIpc) is 3.06. The van der Waals surface area contributed by atoms with Crippen LogP contribution < -0.4 is 9.47 Å². The van der Waals surface area contributed by atoms with Gasteiger partial charge in [-0.3, -0.25) is 0 Å². The summed E-state index contributed by atoms with van der Waals surface area (Å²) < 4.78 is 11.0. The fourth-order valence-electron chi connectivity index (χ4n) is 3.25. The van der Waals surface area contributed by atoms with Crippen LogP contribution in [0.3, 0.4) is 0 Å². The number of pyridine rings is 1. The van der Waals surface area contributed by atoms with E-state index in [0.717, 1.165) is 27.4 Å². The van der Waals surface area contributed by atoms with E-state index in [1.54, 1.807) is 19.2 Å². The summed E-state index contributed by atoms with van der Waals surface area (Å²) in [4.78, 5) is 19.4. The van der Waals surface area contributed by atoms with Crippen molar-refractivity contribution in [1.29, 1.82) is 0 Å². The van der Waals surface area contributed by atoms with E-state index in [2.05, 4.69) is 9.97 Å². The number of fused-ring (bicyclic) bond motifs is 3. The monoisotopic (exact) mass is 362 g/mol. The van der Waals surface area contributed by atoms with E-state index in [4.69, 9.17) is 9.47 Å². The van der Waals surface area contributed by atoms with Gasteiger partial charge in [0.05, 0.1) is 24.9 Å². The Labute approximate surface area is 155 Å². The zero-order chi connectivity index (χ0) is 19.0. The molecular formula is C21H18N2O4. The molecular weight excluding hydrogens is 344 g/mol. The van der Waals surface area contributed by atoms with Crippen LogP contribution in [0.1, 0.15) is 17.4 Å². The van der Waals surface area contributed by atoms with E-state index < -0.39 is 5.97 Å². The number of carboxylic acid groups (broad SMARTS) is 1. The van der Waals surface area contributed by atoms with E-state index in [1.807, 2.05) is 43.3 Å². The van der Waals surface area contributed by atoms with Crippen molar-refractivity contribution in [3.63, 3.8) is 0 Å². The lowest BCUT2D eigenvalue weighted by Gasteiger charge is -2.11. The van der Waals surface area contributed by atoms with Crippen LogP contribution in [0.15, 0.2) is 48.5 Å². The third-order valence-corrected chi connectivity index (χ3v) is 4.45. The van der Waals surface area contributed by atoms with E-state index in [1.165, 1.54) is 0 Å². The van der Waals surface area contributed by atoms with Gasteiger partial charge in [-0.2, -0.15) is 0 Å². The molecule has 0 atom stereocenters. The third kappa shape index (κ3) is 2.85. The lowest BCUT2D eigenvalue weighted by Crippen LogP contribution is -2.02. The minimum atomic E-state index is -1.07. The number of methoxy groups -OCH3 is 1. The molecule has 2 aromatic carbocycles. The summed E-state index contributed by atoms with van der Waals surface area (Å²) in [6.07, 6.45) is 0. The van der Waals surface area contributed by atoms with Gasteiger partial charge in [0.1, 0.15) is 5.69 Å². The van der Waals surface area contributed by atoms with Gasteiger partial charge < -0.3 is 19.6 Å². The predicted molar refractivity (Wildman–Crippen MR) is 104 cm³/mol. The Morgan fingerprint density at radius 1 is 1.11 bits per heavy atom. The Balaban J connectivity index is 2.01. The second kappa shape index (κ2) is 6.64. The molecule has 0 spiro atoms. The van der Waals surface area contributed by atoms with E-state index in [9.17, 15) is 9.90 Å². The number of nitrogens with zero attached hydrogens (tertiary/aromatic N) is 1. The van der Waals surface area contributed by atoms with Gasteiger partial charge in [0.25, 0.3) is 0 Å². The maximum atomic E-state index is 11.6. The molecule has 2 heterocycles. The molecule has 27 heavy (non-hydrogen) atoms. The van der Waals surface area contributed by atoms with Gasteiger partial charge in [0.15, 0.2) is 11.5 Å². The quantitative estimate of drug-likeness (QED) is 0.546. The van der Waals surface area contributed by atoms with Gasteiger partial charge >= 0.3 is 5.97 Å². The standard InChI is InChI=1S/C21H18N2O4/c1-3-27-17-9-8-12(10-18(17)26-2)19-20-14(11-16(23-19)21(24)25)13-6-4-5-7-15(13)22-20/h4-11,22H,3H2,1-2H3,(H,24,25). The molecule has 136 valence electrons. The highest BCUT2D eigenvalue weighted by atomic mass is 16.5. The summed E-state index contributed by atoms with van der Waals surface area (Å²) in [5.74, 6) is 0.133. The highest BCUT2D eigenvalue weighted by Gasteiger charge is 2.17. The SMILES string of the molecule is CCOc1ccc(-c2nc(C(=O)O)cc3c2[nH]c2ccccc23)cc1OC. The molecule has 0 aliphatic carbocycles. The van der Waals surface area contributed by atoms with Crippen molar-refractivity contribution in [2.75, 3.05) is 13.7 Å². The second-order valence-corrected chi connectivity index (χ2v) is 6.05. The number of carboxylic acids is 1. The van der Waals surface area contributed by atoms with Crippen LogP contribution in [-0.4, -0.2) is 34.8 Å². The Morgan fingerprint density at radius 2 is 1.93 bits per heavy atom. The number of hydrogen-bond acceptors (Lipinski definition) is 4. The van der Waals surface area contributed by atoms with Crippen LogP contribution in [0.5, 0.6) is 11.5 Å². The normalized spacial score (nSPS) is 11.0. The highest BCUT2D eigenvalue weighted by Crippen LogP contribution is 2.36. The molecule has 2 N–H and O–H groups in total. The van der Waals surface area contributed by atoms with Gasteiger partial charge in [-0.1, -0.05) is 18.2 Å². The smallest absolute Gasteiger partial charge is 0.354 e. The Hall–Kier alpha value is -3.54. The fourth-order valence-corrected chi connectivity index (χ4v) is 3.25. The van der Waals surface area contributed by atoms with Crippen molar-refractivity contribution in [2.24, 2.45) is 0 Å². The van der Waals surface area contributed by atoms with Crippen molar-refractivity contribution < 1.29 is 19.4 Å². The van der Waals surface area contributed by atoms with E-state index in [0.29, 0.717) is 23.8 Å². The lowest BCUT2D eigenvalue weighted by molar-refractivity contribution is 0.0691. The zero-order valence-corrected chi connectivity index (χ0v) is 14.9. The molecule has 2 aromatic heterocycles. The Kier molecular flexibility index (Phi) is 4.16. The molecule has 6 heteroatoms. The molecule has 0 fully saturated rings. The van der Waals surface area contributed by atoms with Gasteiger partial charge in [-0.25, -0.2) is 9.78 Å². The number of carbonyl (C=O) groups is 1. The van der Waals surface area contributed by atoms with Crippen LogP contribution in [-0.2, 0) is 0 Å².